The fourth-order valence-electron chi connectivity index (χ4n) is 4.87. The zero-order valence-electron chi connectivity index (χ0n) is 18.6. The molecule has 0 saturated carbocycles. The van der Waals surface area contributed by atoms with Gasteiger partial charge in [-0.1, -0.05) is 44.2 Å². The number of carbonyl (C=O) groups is 1. The molecule has 0 bridgehead atoms. The lowest BCUT2D eigenvalue weighted by Gasteiger charge is -2.37. The standard InChI is InChI=1S/C26H32N2O2/c1-19-25(24(29)17-27-14-8-13-26(2,3)18-27)22-15-21(30-4)11-12-23(22)28(19)16-20-9-6-5-7-10-20/h5-7,9-12,15H,8,13-14,16-18H2,1-4H3. The Morgan fingerprint density at radius 3 is 2.60 bits per heavy atom. The van der Waals surface area contributed by atoms with Crippen LogP contribution < -0.4 is 4.74 Å². The van der Waals surface area contributed by atoms with E-state index in [9.17, 15) is 4.79 Å². The number of benzene rings is 2. The van der Waals surface area contributed by atoms with Crippen LogP contribution in [0.15, 0.2) is 48.5 Å². The summed E-state index contributed by atoms with van der Waals surface area (Å²) in [6.07, 6.45) is 2.38. The van der Waals surface area contributed by atoms with E-state index in [4.69, 9.17) is 4.74 Å². The summed E-state index contributed by atoms with van der Waals surface area (Å²) < 4.78 is 7.73. The molecule has 1 aromatic heterocycles. The van der Waals surface area contributed by atoms with Gasteiger partial charge in [0.25, 0.3) is 0 Å². The van der Waals surface area contributed by atoms with Gasteiger partial charge in [-0.3, -0.25) is 9.69 Å². The summed E-state index contributed by atoms with van der Waals surface area (Å²) in [4.78, 5) is 15.9. The average molecular weight is 405 g/mol. The van der Waals surface area contributed by atoms with Gasteiger partial charge >= 0.3 is 0 Å². The highest BCUT2D eigenvalue weighted by molar-refractivity contribution is 6.10. The Morgan fingerprint density at radius 2 is 1.90 bits per heavy atom. The van der Waals surface area contributed by atoms with Crippen LogP contribution in [0.3, 0.4) is 0 Å². The van der Waals surface area contributed by atoms with Gasteiger partial charge in [-0.25, -0.2) is 0 Å². The molecule has 158 valence electrons. The Morgan fingerprint density at radius 1 is 1.13 bits per heavy atom. The van der Waals surface area contributed by atoms with Gasteiger partial charge in [0.2, 0.25) is 0 Å². The van der Waals surface area contributed by atoms with Crippen molar-refractivity contribution in [1.82, 2.24) is 9.47 Å². The van der Waals surface area contributed by atoms with E-state index < -0.39 is 0 Å². The smallest absolute Gasteiger partial charge is 0.179 e. The van der Waals surface area contributed by atoms with Gasteiger partial charge < -0.3 is 9.30 Å². The summed E-state index contributed by atoms with van der Waals surface area (Å²) in [7, 11) is 1.67. The van der Waals surface area contributed by atoms with Gasteiger partial charge in [0.05, 0.1) is 13.7 Å². The first kappa shape index (κ1) is 20.7. The number of fused-ring (bicyclic) bond motifs is 1. The Hall–Kier alpha value is -2.59. The number of hydrogen-bond donors (Lipinski definition) is 0. The predicted molar refractivity (Wildman–Crippen MR) is 123 cm³/mol. The van der Waals surface area contributed by atoms with Crippen LogP contribution in [0.1, 0.15) is 48.3 Å². The molecule has 4 nitrogen and oxygen atoms in total. The molecule has 0 N–H and O–H groups in total. The summed E-state index contributed by atoms with van der Waals surface area (Å²) in [6, 6.07) is 16.5. The lowest BCUT2D eigenvalue weighted by atomic mass is 9.84. The molecule has 0 radical (unpaired) electrons. The number of likely N-dealkylation sites (tertiary alicyclic amines) is 1. The van der Waals surface area contributed by atoms with Crippen LogP contribution in [0.2, 0.25) is 0 Å². The fraction of sp³-hybridized carbons (Fsp3) is 0.423. The number of ether oxygens (including phenoxy) is 1. The maximum Gasteiger partial charge on any atom is 0.179 e. The number of nitrogens with zero attached hydrogens (tertiary/aromatic N) is 2. The number of methoxy groups -OCH3 is 1. The van der Waals surface area contributed by atoms with Crippen molar-refractivity contribution in [2.45, 2.75) is 40.2 Å². The summed E-state index contributed by atoms with van der Waals surface area (Å²) in [5.74, 6) is 0.989. The first-order valence-corrected chi connectivity index (χ1v) is 10.8. The highest BCUT2D eigenvalue weighted by Crippen LogP contribution is 2.32. The van der Waals surface area contributed by atoms with Crippen LogP contribution in [0, 0.1) is 12.3 Å². The molecule has 0 atom stereocenters. The topological polar surface area (TPSA) is 34.5 Å². The zero-order chi connectivity index (χ0) is 21.3. The molecule has 1 aliphatic rings. The monoisotopic (exact) mass is 404 g/mol. The number of ketones is 1. The van der Waals surface area contributed by atoms with Crippen LogP contribution in [-0.4, -0.2) is 42.0 Å². The number of Topliss-reactive ketones (excluding diaryl/α,β-unsaturated/α-hetero) is 1. The van der Waals surface area contributed by atoms with Crippen molar-refractivity contribution in [3.05, 3.63) is 65.4 Å². The maximum atomic E-state index is 13.5. The second-order valence-electron chi connectivity index (χ2n) is 9.32. The van der Waals surface area contributed by atoms with E-state index in [1.165, 1.54) is 12.0 Å². The van der Waals surface area contributed by atoms with E-state index in [-0.39, 0.29) is 11.2 Å². The molecule has 0 amide bonds. The minimum Gasteiger partial charge on any atom is -0.497 e. The molecule has 1 saturated heterocycles. The number of rotatable bonds is 6. The van der Waals surface area contributed by atoms with E-state index >= 15 is 0 Å². The van der Waals surface area contributed by atoms with Crippen LogP contribution in [0.4, 0.5) is 0 Å². The van der Waals surface area contributed by atoms with Crippen molar-refractivity contribution in [3.63, 3.8) is 0 Å². The van der Waals surface area contributed by atoms with Gasteiger partial charge in [0.15, 0.2) is 5.78 Å². The number of aromatic nitrogens is 1. The Kier molecular flexibility index (Phi) is 5.70. The minimum atomic E-state index is 0.204. The molecule has 4 rings (SSSR count). The third-order valence-electron chi connectivity index (χ3n) is 6.34. The number of piperidine rings is 1. The van der Waals surface area contributed by atoms with Crippen LogP contribution in [0.25, 0.3) is 10.9 Å². The molecule has 2 heterocycles. The summed E-state index contributed by atoms with van der Waals surface area (Å²) in [6.45, 7) is 9.87. The molecular formula is C26H32N2O2. The predicted octanol–water partition coefficient (Wildman–Crippen LogP) is 5.31. The van der Waals surface area contributed by atoms with E-state index in [0.29, 0.717) is 6.54 Å². The molecule has 30 heavy (non-hydrogen) atoms. The molecule has 0 aliphatic carbocycles. The molecule has 1 fully saturated rings. The van der Waals surface area contributed by atoms with Gasteiger partial charge in [0.1, 0.15) is 5.75 Å². The Bertz CT molecular complexity index is 1050. The minimum absolute atomic E-state index is 0.204. The largest absolute Gasteiger partial charge is 0.497 e. The SMILES string of the molecule is COc1ccc2c(c1)c(C(=O)CN1CCCC(C)(C)C1)c(C)n2Cc1ccccc1. The second kappa shape index (κ2) is 8.27. The van der Waals surface area contributed by atoms with Gasteiger partial charge in [0, 0.05) is 35.2 Å². The molecular weight excluding hydrogens is 372 g/mol. The van der Waals surface area contributed by atoms with Crippen molar-refractivity contribution in [2.24, 2.45) is 5.41 Å². The van der Waals surface area contributed by atoms with E-state index in [2.05, 4.69) is 60.6 Å². The number of carbonyl (C=O) groups excluding carboxylic acids is 1. The third kappa shape index (κ3) is 4.15. The van der Waals surface area contributed by atoms with Crippen molar-refractivity contribution in [2.75, 3.05) is 26.7 Å². The van der Waals surface area contributed by atoms with Gasteiger partial charge in [-0.2, -0.15) is 0 Å². The normalized spacial score (nSPS) is 16.7. The van der Waals surface area contributed by atoms with E-state index in [1.54, 1.807) is 7.11 Å². The second-order valence-corrected chi connectivity index (χ2v) is 9.32. The van der Waals surface area contributed by atoms with Gasteiger partial charge in [-0.15, -0.1) is 0 Å². The Labute approximate surface area is 179 Å². The van der Waals surface area contributed by atoms with Crippen LogP contribution >= 0.6 is 0 Å². The van der Waals surface area contributed by atoms with E-state index in [1.807, 2.05) is 18.2 Å². The molecule has 0 spiro atoms. The summed E-state index contributed by atoms with van der Waals surface area (Å²) >= 11 is 0. The lowest BCUT2D eigenvalue weighted by Crippen LogP contribution is -2.42. The molecule has 3 aromatic rings. The van der Waals surface area contributed by atoms with Crippen LogP contribution in [0.5, 0.6) is 5.75 Å². The first-order chi connectivity index (χ1) is 14.4. The van der Waals surface area contributed by atoms with Crippen molar-refractivity contribution in [1.29, 1.82) is 0 Å². The molecule has 2 aromatic carbocycles. The van der Waals surface area contributed by atoms with E-state index in [0.717, 1.165) is 54.0 Å². The average Bonchev–Trinajstić information content (AvgIpc) is 2.98. The third-order valence-corrected chi connectivity index (χ3v) is 6.34. The highest BCUT2D eigenvalue weighted by atomic mass is 16.5. The first-order valence-electron chi connectivity index (χ1n) is 10.8. The maximum absolute atomic E-state index is 13.5. The Balaban J connectivity index is 1.72. The molecule has 4 heteroatoms. The zero-order valence-corrected chi connectivity index (χ0v) is 18.6. The van der Waals surface area contributed by atoms with Crippen molar-refractivity contribution >= 4 is 16.7 Å². The van der Waals surface area contributed by atoms with Crippen molar-refractivity contribution < 1.29 is 9.53 Å². The van der Waals surface area contributed by atoms with Crippen LogP contribution in [-0.2, 0) is 6.54 Å². The van der Waals surface area contributed by atoms with Crippen molar-refractivity contribution in [3.8, 4) is 5.75 Å². The highest BCUT2D eigenvalue weighted by Gasteiger charge is 2.29. The molecule has 1 aliphatic heterocycles. The fourth-order valence-corrected chi connectivity index (χ4v) is 4.87. The lowest BCUT2D eigenvalue weighted by molar-refractivity contribution is 0.0810. The van der Waals surface area contributed by atoms with Gasteiger partial charge in [-0.05, 0) is 55.5 Å². The summed E-state index contributed by atoms with van der Waals surface area (Å²) in [5.41, 5.74) is 4.45. The number of hydrogen-bond acceptors (Lipinski definition) is 3. The quantitative estimate of drug-likeness (QED) is 0.522. The summed E-state index contributed by atoms with van der Waals surface area (Å²) in [5, 5.41) is 0.990. The molecule has 0 unspecified atom stereocenters.